The lowest BCUT2D eigenvalue weighted by Crippen LogP contribution is -2.69. The van der Waals surface area contributed by atoms with Crippen molar-refractivity contribution in [2.24, 2.45) is 0 Å². The van der Waals surface area contributed by atoms with Crippen LogP contribution in [0.2, 0.25) is 0 Å². The summed E-state index contributed by atoms with van der Waals surface area (Å²) < 4.78 is 16.1. The van der Waals surface area contributed by atoms with E-state index >= 15 is 0 Å². The second-order valence-corrected chi connectivity index (χ2v) is 7.89. The highest BCUT2D eigenvalue weighted by atomic mass is 16.5. The van der Waals surface area contributed by atoms with Crippen LogP contribution in [0.4, 0.5) is 11.4 Å². The molecule has 0 aromatic heterocycles. The van der Waals surface area contributed by atoms with E-state index < -0.39 is 11.6 Å². The molecule has 2 aromatic carbocycles. The maximum absolute atomic E-state index is 13.9. The van der Waals surface area contributed by atoms with Crippen LogP contribution in [0, 0.1) is 0 Å². The van der Waals surface area contributed by atoms with Crippen molar-refractivity contribution in [3.63, 3.8) is 0 Å². The molecule has 1 fully saturated rings. The lowest BCUT2D eigenvalue weighted by molar-refractivity contribution is -0.128. The molecule has 1 N–H and O–H groups in total. The molecule has 4 rings (SSSR count). The van der Waals surface area contributed by atoms with Crippen LogP contribution in [0.5, 0.6) is 17.2 Å². The standard InChI is InChI=1S/C24H27N3O6/c1-5-12-26-22(29)16-8-6-7-9-17(16)27-20(28)10-11-24(26,27)23(30)25-15-13-18(31-2)21(33-4)19(14-15)32-3/h6-9,13-14H,5,10-12H2,1-4H3,(H,25,30)/t24-/m1/s1. The van der Waals surface area contributed by atoms with Gasteiger partial charge in [0.1, 0.15) is 0 Å². The van der Waals surface area contributed by atoms with E-state index in [1.807, 2.05) is 6.92 Å². The number of amides is 3. The minimum Gasteiger partial charge on any atom is -0.493 e. The van der Waals surface area contributed by atoms with Gasteiger partial charge in [0.2, 0.25) is 17.3 Å². The number of carbonyl (C=O) groups is 3. The average molecular weight is 453 g/mol. The molecule has 2 aromatic rings. The molecule has 0 bridgehead atoms. The second-order valence-electron chi connectivity index (χ2n) is 7.89. The van der Waals surface area contributed by atoms with Crippen molar-refractivity contribution in [1.82, 2.24) is 4.90 Å². The first-order valence-electron chi connectivity index (χ1n) is 10.8. The van der Waals surface area contributed by atoms with Crippen LogP contribution in [0.3, 0.4) is 0 Å². The van der Waals surface area contributed by atoms with E-state index in [9.17, 15) is 14.4 Å². The van der Waals surface area contributed by atoms with Crippen molar-refractivity contribution in [2.75, 3.05) is 38.1 Å². The molecule has 9 heteroatoms. The number of methoxy groups -OCH3 is 3. The molecule has 2 aliphatic rings. The van der Waals surface area contributed by atoms with Gasteiger partial charge in [-0.1, -0.05) is 19.1 Å². The molecule has 0 radical (unpaired) electrons. The first kappa shape index (κ1) is 22.4. The summed E-state index contributed by atoms with van der Waals surface area (Å²) in [6, 6.07) is 10.1. The molecule has 0 saturated carbocycles. The number of anilines is 2. The molecule has 33 heavy (non-hydrogen) atoms. The van der Waals surface area contributed by atoms with Crippen molar-refractivity contribution < 1.29 is 28.6 Å². The van der Waals surface area contributed by atoms with Crippen LogP contribution in [0.1, 0.15) is 36.5 Å². The topological polar surface area (TPSA) is 97.4 Å². The van der Waals surface area contributed by atoms with Crippen molar-refractivity contribution in [3.05, 3.63) is 42.0 Å². The summed E-state index contributed by atoms with van der Waals surface area (Å²) in [5.41, 5.74) is -0.195. The Bertz CT molecular complexity index is 1090. The van der Waals surface area contributed by atoms with E-state index in [1.54, 1.807) is 36.4 Å². The van der Waals surface area contributed by atoms with Crippen molar-refractivity contribution in [3.8, 4) is 17.2 Å². The lowest BCUT2D eigenvalue weighted by atomic mass is 9.95. The lowest BCUT2D eigenvalue weighted by Gasteiger charge is -2.49. The van der Waals surface area contributed by atoms with Crippen LogP contribution >= 0.6 is 0 Å². The van der Waals surface area contributed by atoms with E-state index in [4.69, 9.17) is 14.2 Å². The number of nitrogens with zero attached hydrogens (tertiary/aromatic N) is 2. The minimum absolute atomic E-state index is 0.157. The van der Waals surface area contributed by atoms with Gasteiger partial charge < -0.3 is 24.4 Å². The number of hydrogen-bond acceptors (Lipinski definition) is 6. The molecular formula is C24H27N3O6. The van der Waals surface area contributed by atoms with Crippen LogP contribution < -0.4 is 24.4 Å². The predicted octanol–water partition coefficient (Wildman–Crippen LogP) is 3.04. The molecule has 3 amide bonds. The maximum atomic E-state index is 13.9. The molecule has 0 aliphatic carbocycles. The van der Waals surface area contributed by atoms with E-state index in [0.29, 0.717) is 47.2 Å². The predicted molar refractivity (Wildman–Crippen MR) is 122 cm³/mol. The van der Waals surface area contributed by atoms with Gasteiger partial charge in [-0.25, -0.2) is 0 Å². The molecule has 174 valence electrons. The van der Waals surface area contributed by atoms with Crippen LogP contribution in [0.25, 0.3) is 0 Å². The smallest absolute Gasteiger partial charge is 0.271 e. The fourth-order valence-corrected chi connectivity index (χ4v) is 4.70. The SMILES string of the molecule is CCCN1C(=O)c2ccccc2N2C(=O)CC[C@@]12C(=O)Nc1cc(OC)c(OC)c(OC)c1. The van der Waals surface area contributed by atoms with E-state index in [1.165, 1.54) is 31.1 Å². The Morgan fingerprint density at radius 2 is 1.73 bits per heavy atom. The second kappa shape index (κ2) is 8.65. The molecule has 2 heterocycles. The summed E-state index contributed by atoms with van der Waals surface area (Å²) >= 11 is 0. The van der Waals surface area contributed by atoms with Gasteiger partial charge in [0.15, 0.2) is 11.5 Å². The Morgan fingerprint density at radius 3 is 2.33 bits per heavy atom. The number of para-hydroxylation sites is 1. The Hall–Kier alpha value is -3.75. The van der Waals surface area contributed by atoms with E-state index in [-0.39, 0.29) is 24.7 Å². The summed E-state index contributed by atoms with van der Waals surface area (Å²) in [6.07, 6.45) is 0.988. The summed E-state index contributed by atoms with van der Waals surface area (Å²) in [4.78, 5) is 43.4. The zero-order valence-electron chi connectivity index (χ0n) is 19.1. The van der Waals surface area contributed by atoms with Gasteiger partial charge >= 0.3 is 0 Å². The molecule has 1 saturated heterocycles. The van der Waals surface area contributed by atoms with Gasteiger partial charge in [0.05, 0.1) is 32.6 Å². The number of benzene rings is 2. The fourth-order valence-electron chi connectivity index (χ4n) is 4.70. The molecule has 0 spiro atoms. The van der Waals surface area contributed by atoms with Gasteiger partial charge in [-0.15, -0.1) is 0 Å². The molecule has 2 aliphatic heterocycles. The van der Waals surface area contributed by atoms with Crippen LogP contribution in [-0.4, -0.2) is 56.2 Å². The van der Waals surface area contributed by atoms with Crippen LogP contribution in [-0.2, 0) is 9.59 Å². The van der Waals surface area contributed by atoms with Crippen molar-refractivity contribution in [2.45, 2.75) is 31.8 Å². The zero-order chi connectivity index (χ0) is 23.8. The van der Waals surface area contributed by atoms with E-state index in [0.717, 1.165) is 0 Å². The minimum atomic E-state index is -1.46. The zero-order valence-corrected chi connectivity index (χ0v) is 19.1. The first-order chi connectivity index (χ1) is 15.9. The van der Waals surface area contributed by atoms with Gasteiger partial charge in [0.25, 0.3) is 11.8 Å². The Labute approximate surface area is 192 Å². The van der Waals surface area contributed by atoms with Gasteiger partial charge in [0, 0.05) is 37.2 Å². The molecule has 1 atom stereocenters. The third-order valence-electron chi connectivity index (χ3n) is 6.11. The molecule has 9 nitrogen and oxygen atoms in total. The van der Waals surface area contributed by atoms with Crippen molar-refractivity contribution in [1.29, 1.82) is 0 Å². The number of ether oxygens (including phenoxy) is 3. The molecular weight excluding hydrogens is 426 g/mol. The average Bonchev–Trinajstić information content (AvgIpc) is 3.19. The number of carbonyl (C=O) groups excluding carboxylic acids is 3. The summed E-state index contributed by atoms with van der Waals surface area (Å²) in [7, 11) is 4.46. The fraction of sp³-hybridized carbons (Fsp3) is 0.375. The highest BCUT2D eigenvalue weighted by molar-refractivity contribution is 6.18. The largest absolute Gasteiger partial charge is 0.493 e. The summed E-state index contributed by atoms with van der Waals surface area (Å²) in [5, 5.41) is 2.89. The van der Waals surface area contributed by atoms with Crippen molar-refractivity contribution >= 4 is 29.1 Å². The Balaban J connectivity index is 1.81. The highest BCUT2D eigenvalue weighted by Gasteiger charge is 2.60. The van der Waals surface area contributed by atoms with Crippen LogP contribution in [0.15, 0.2) is 36.4 Å². The maximum Gasteiger partial charge on any atom is 0.271 e. The number of rotatable bonds is 7. The van der Waals surface area contributed by atoms with Gasteiger partial charge in [-0.2, -0.15) is 0 Å². The normalized spacial score (nSPS) is 19.2. The number of fused-ring (bicyclic) bond motifs is 3. The third-order valence-corrected chi connectivity index (χ3v) is 6.11. The van der Waals surface area contributed by atoms with E-state index in [2.05, 4.69) is 5.32 Å². The summed E-state index contributed by atoms with van der Waals surface area (Å²) in [6.45, 7) is 2.26. The number of nitrogens with one attached hydrogen (secondary N) is 1. The monoisotopic (exact) mass is 453 g/mol. The Kier molecular flexibility index (Phi) is 5.88. The first-order valence-corrected chi connectivity index (χ1v) is 10.8. The molecule has 0 unspecified atom stereocenters. The van der Waals surface area contributed by atoms with Gasteiger partial charge in [-0.05, 0) is 18.6 Å². The highest BCUT2D eigenvalue weighted by Crippen LogP contribution is 2.46. The summed E-state index contributed by atoms with van der Waals surface area (Å²) in [5.74, 6) is 0.204. The Morgan fingerprint density at radius 1 is 1.06 bits per heavy atom. The third kappa shape index (κ3) is 3.35. The quantitative estimate of drug-likeness (QED) is 0.692. The van der Waals surface area contributed by atoms with Gasteiger partial charge in [-0.3, -0.25) is 19.3 Å². The number of hydrogen-bond donors (Lipinski definition) is 1.